The van der Waals surface area contributed by atoms with E-state index in [0.717, 1.165) is 53.1 Å². The number of piperidine rings is 1. The molecular weight excluding hydrogens is 690 g/mol. The maximum atomic E-state index is 14.4. The highest BCUT2D eigenvalue weighted by molar-refractivity contribution is 5.92. The number of fused-ring (bicyclic) bond motifs is 6. The number of amides is 3. The average Bonchev–Trinajstić information content (AvgIpc) is 3.65. The summed E-state index contributed by atoms with van der Waals surface area (Å²) in [5, 5.41) is 8.19. The molecule has 6 rings (SSSR count). The van der Waals surface area contributed by atoms with Crippen molar-refractivity contribution in [1.82, 2.24) is 39.7 Å². The third-order valence-electron chi connectivity index (χ3n) is 10.6. The molecular formula is C39H53N9O6. The summed E-state index contributed by atoms with van der Waals surface area (Å²) in [5.41, 5.74) is 4.28. The number of aryl methyl sites for hydroxylation is 2. The number of carbonyl (C=O) groups excluding carboxylic acids is 3. The van der Waals surface area contributed by atoms with Gasteiger partial charge < -0.3 is 34.2 Å². The van der Waals surface area contributed by atoms with E-state index in [2.05, 4.69) is 31.3 Å². The number of methoxy groups -OCH3 is 3. The predicted octanol–water partition coefficient (Wildman–Crippen LogP) is 4.03. The molecule has 1 fully saturated rings. The maximum absolute atomic E-state index is 14.4. The Hall–Kier alpha value is -5.21. The van der Waals surface area contributed by atoms with Crippen LogP contribution in [0, 0.1) is 19.8 Å². The lowest BCUT2D eigenvalue weighted by atomic mass is 9.97. The van der Waals surface area contributed by atoms with Gasteiger partial charge in [-0.15, -0.1) is 0 Å². The van der Waals surface area contributed by atoms with E-state index in [1.807, 2.05) is 31.7 Å². The average molecular weight is 744 g/mol. The Morgan fingerprint density at radius 1 is 0.907 bits per heavy atom. The van der Waals surface area contributed by atoms with Gasteiger partial charge in [0.15, 0.2) is 11.5 Å². The highest BCUT2D eigenvalue weighted by Gasteiger charge is 2.28. The smallest absolute Gasteiger partial charge is 0.252 e. The number of hydrogen-bond donors (Lipinski definition) is 1. The Labute approximate surface area is 316 Å². The van der Waals surface area contributed by atoms with Crippen LogP contribution < -0.4 is 24.4 Å². The topological polar surface area (TPSA) is 157 Å². The molecule has 4 aromatic rings. The number of nitrogens with zero attached hydrogens (tertiary/aromatic N) is 8. The van der Waals surface area contributed by atoms with Crippen LogP contribution in [0.4, 0.5) is 5.82 Å². The van der Waals surface area contributed by atoms with Crippen molar-refractivity contribution < 1.29 is 28.6 Å². The van der Waals surface area contributed by atoms with Crippen LogP contribution in [0.25, 0.3) is 16.7 Å². The van der Waals surface area contributed by atoms with Crippen molar-refractivity contribution >= 4 is 40.2 Å². The first-order chi connectivity index (χ1) is 26.1. The molecule has 1 atom stereocenters. The molecule has 2 bridgehead atoms. The molecule has 5 heterocycles. The van der Waals surface area contributed by atoms with Gasteiger partial charge in [-0.1, -0.05) is 6.92 Å². The summed E-state index contributed by atoms with van der Waals surface area (Å²) in [6, 6.07) is 3.92. The van der Waals surface area contributed by atoms with E-state index < -0.39 is 0 Å². The van der Waals surface area contributed by atoms with Gasteiger partial charge in [0.25, 0.3) is 5.78 Å². The third-order valence-corrected chi connectivity index (χ3v) is 10.6. The Morgan fingerprint density at radius 2 is 1.65 bits per heavy atom. The minimum atomic E-state index is -0.151. The summed E-state index contributed by atoms with van der Waals surface area (Å²) in [6.07, 6.45) is 6.49. The highest BCUT2D eigenvalue weighted by atomic mass is 16.5. The van der Waals surface area contributed by atoms with Crippen molar-refractivity contribution in [2.75, 3.05) is 65.5 Å². The fourth-order valence-corrected chi connectivity index (χ4v) is 7.80. The molecule has 54 heavy (non-hydrogen) atoms. The normalized spacial score (nSPS) is 17.3. The van der Waals surface area contributed by atoms with Gasteiger partial charge in [0.05, 0.1) is 33.4 Å². The minimum absolute atomic E-state index is 0.00580. The van der Waals surface area contributed by atoms with Crippen molar-refractivity contribution in [3.63, 3.8) is 0 Å². The summed E-state index contributed by atoms with van der Waals surface area (Å²) >= 11 is 0. The molecule has 3 amide bonds. The number of hydrogen-bond acceptors (Lipinski definition) is 11. The van der Waals surface area contributed by atoms with E-state index in [9.17, 15) is 14.4 Å². The van der Waals surface area contributed by atoms with Gasteiger partial charge in [0.1, 0.15) is 12.1 Å². The van der Waals surface area contributed by atoms with Gasteiger partial charge in [0, 0.05) is 80.5 Å². The van der Waals surface area contributed by atoms with Gasteiger partial charge in [0.2, 0.25) is 23.5 Å². The van der Waals surface area contributed by atoms with Crippen molar-refractivity contribution in [3.05, 3.63) is 41.0 Å². The van der Waals surface area contributed by atoms with E-state index in [0.29, 0.717) is 93.4 Å². The molecule has 0 radical (unpaired) electrons. The number of ether oxygens (including phenoxy) is 3. The first-order valence-electron chi connectivity index (χ1n) is 19.0. The lowest BCUT2D eigenvalue weighted by Gasteiger charge is -2.36. The van der Waals surface area contributed by atoms with E-state index in [-0.39, 0.29) is 36.6 Å². The molecule has 1 unspecified atom stereocenters. The molecule has 0 saturated carbocycles. The van der Waals surface area contributed by atoms with E-state index >= 15 is 0 Å². The largest absolute Gasteiger partial charge is 0.493 e. The third kappa shape index (κ3) is 8.29. The molecule has 0 aliphatic carbocycles. The Kier molecular flexibility index (Phi) is 12.3. The van der Waals surface area contributed by atoms with E-state index in [4.69, 9.17) is 19.2 Å². The van der Waals surface area contributed by atoms with Crippen molar-refractivity contribution in [2.45, 2.75) is 78.7 Å². The molecule has 1 saturated heterocycles. The van der Waals surface area contributed by atoms with Crippen molar-refractivity contribution in [2.24, 2.45) is 5.92 Å². The first kappa shape index (κ1) is 38.5. The van der Waals surface area contributed by atoms with Crippen molar-refractivity contribution in [3.8, 4) is 17.2 Å². The second-order valence-electron chi connectivity index (χ2n) is 14.3. The van der Waals surface area contributed by atoms with Crippen molar-refractivity contribution in [1.29, 1.82) is 0 Å². The fourth-order valence-electron chi connectivity index (χ4n) is 7.80. The van der Waals surface area contributed by atoms with Crippen LogP contribution in [-0.2, 0) is 27.3 Å². The fraction of sp³-hybridized carbons (Fsp3) is 0.564. The van der Waals surface area contributed by atoms with E-state index in [1.165, 1.54) is 6.33 Å². The molecule has 2 aliphatic rings. The van der Waals surface area contributed by atoms with Crippen LogP contribution >= 0.6 is 0 Å². The van der Waals surface area contributed by atoms with Gasteiger partial charge in [-0.25, -0.2) is 14.5 Å². The van der Waals surface area contributed by atoms with Crippen LogP contribution in [0.5, 0.6) is 17.2 Å². The minimum Gasteiger partial charge on any atom is -0.493 e. The van der Waals surface area contributed by atoms with Gasteiger partial charge >= 0.3 is 0 Å². The second-order valence-corrected chi connectivity index (χ2v) is 14.3. The van der Waals surface area contributed by atoms with Crippen LogP contribution in [0.15, 0.2) is 18.5 Å². The monoisotopic (exact) mass is 743 g/mol. The van der Waals surface area contributed by atoms with Gasteiger partial charge in [-0.05, 0) is 69.9 Å². The van der Waals surface area contributed by atoms with Crippen LogP contribution in [0.2, 0.25) is 0 Å². The van der Waals surface area contributed by atoms with Crippen LogP contribution in [0.3, 0.4) is 0 Å². The zero-order valence-corrected chi connectivity index (χ0v) is 32.4. The second kappa shape index (κ2) is 17.3. The Bertz CT molecular complexity index is 2000. The molecule has 15 heteroatoms. The highest BCUT2D eigenvalue weighted by Crippen LogP contribution is 2.44. The van der Waals surface area contributed by atoms with Crippen LogP contribution in [-0.4, -0.2) is 113 Å². The number of benzene rings is 1. The van der Waals surface area contributed by atoms with Gasteiger partial charge in [-0.3, -0.25) is 14.4 Å². The Morgan fingerprint density at radius 3 is 2.37 bits per heavy atom. The molecule has 2 aliphatic heterocycles. The lowest BCUT2D eigenvalue weighted by molar-refractivity contribution is -0.136. The summed E-state index contributed by atoms with van der Waals surface area (Å²) in [6.45, 7) is 9.10. The SMILES string of the molecule is CCCC(=O)N1CCCCN(C(=O)CCc2c(C)nc3ncnn3c2C)Cc2cc3c(OC)c(OC)c(OC)cc3nc2N2CCCC(CNC(=O)C1)C2. The number of pyridine rings is 1. The number of anilines is 1. The molecule has 3 aromatic heterocycles. The zero-order chi connectivity index (χ0) is 38.4. The summed E-state index contributed by atoms with van der Waals surface area (Å²) in [4.78, 5) is 60.6. The van der Waals surface area contributed by atoms with Crippen LogP contribution in [0.1, 0.15) is 74.4 Å². The maximum Gasteiger partial charge on any atom is 0.252 e. The quantitative estimate of drug-likeness (QED) is 0.278. The zero-order valence-electron chi connectivity index (χ0n) is 32.4. The number of nitrogens with one attached hydrogen (secondary N) is 1. The summed E-state index contributed by atoms with van der Waals surface area (Å²) in [7, 11) is 4.76. The molecule has 1 N–H and O–H groups in total. The standard InChI is InChI=1S/C39H53N9O6/c1-7-11-34(50)46-16-9-8-15-45(35(51)14-13-29-25(2)43-39-41-24-42-48(39)26(29)3)22-28-18-30-31(19-32(52-4)37(54-6)36(30)53-5)44-38(28)47-17-10-12-27(21-47)20-40-33(49)23-46/h18-19,24,27H,7-17,20-23H2,1-6H3,(H,40,49). The summed E-state index contributed by atoms with van der Waals surface area (Å²) < 4.78 is 19.0. The Balaban J connectivity index is 1.39. The van der Waals surface area contributed by atoms with E-state index in [1.54, 1.807) is 30.7 Å². The molecule has 1 aromatic carbocycles. The summed E-state index contributed by atoms with van der Waals surface area (Å²) in [5.74, 6) is 2.81. The lowest BCUT2D eigenvalue weighted by Crippen LogP contribution is -2.45. The molecule has 290 valence electrons. The molecule has 0 spiro atoms. The number of carbonyl (C=O) groups is 3. The predicted molar refractivity (Wildman–Crippen MR) is 204 cm³/mol. The number of aromatic nitrogens is 5. The number of rotatable bonds is 8. The van der Waals surface area contributed by atoms with Gasteiger partial charge in [-0.2, -0.15) is 10.1 Å². The first-order valence-corrected chi connectivity index (χ1v) is 19.0. The molecule has 15 nitrogen and oxygen atoms in total.